The van der Waals surface area contributed by atoms with Crippen LogP contribution in [-0.2, 0) is 28.6 Å². The van der Waals surface area contributed by atoms with Gasteiger partial charge in [0.2, 0.25) is 0 Å². The first-order chi connectivity index (χ1) is 31.0. The molecule has 0 aromatic rings. The van der Waals surface area contributed by atoms with Gasteiger partial charge in [-0.3, -0.25) is 14.4 Å². The second-order valence-electron chi connectivity index (χ2n) is 16.3. The monoisotopic (exact) mass is 873 g/mol. The van der Waals surface area contributed by atoms with E-state index in [1.165, 1.54) is 0 Å². The molecule has 0 aromatic carbocycles. The van der Waals surface area contributed by atoms with Crippen molar-refractivity contribution < 1.29 is 28.6 Å². The zero-order chi connectivity index (χ0) is 45.8. The molecule has 0 saturated carbocycles. The molecule has 0 fully saturated rings. The van der Waals surface area contributed by atoms with Crippen LogP contribution in [0.4, 0.5) is 0 Å². The Morgan fingerprint density at radius 1 is 0.317 bits per heavy atom. The predicted octanol–water partition coefficient (Wildman–Crippen LogP) is 16.8. The summed E-state index contributed by atoms with van der Waals surface area (Å²) in [7, 11) is 0. The Bertz CT molecular complexity index is 1260. The molecule has 0 aliphatic rings. The van der Waals surface area contributed by atoms with Crippen molar-refractivity contribution in [3.8, 4) is 0 Å². The van der Waals surface area contributed by atoms with Crippen LogP contribution >= 0.6 is 0 Å². The van der Waals surface area contributed by atoms with Gasteiger partial charge in [-0.25, -0.2) is 0 Å². The van der Waals surface area contributed by atoms with Crippen LogP contribution in [0.25, 0.3) is 0 Å². The maximum atomic E-state index is 12.8. The smallest absolute Gasteiger partial charge is 0.306 e. The van der Waals surface area contributed by atoms with Crippen LogP contribution in [0, 0.1) is 0 Å². The lowest BCUT2D eigenvalue weighted by Gasteiger charge is -2.18. The van der Waals surface area contributed by atoms with Gasteiger partial charge in [0.15, 0.2) is 6.10 Å². The highest BCUT2D eigenvalue weighted by Crippen LogP contribution is 2.13. The average molecular weight is 873 g/mol. The highest BCUT2D eigenvalue weighted by atomic mass is 16.6. The molecule has 0 N–H and O–H groups in total. The van der Waals surface area contributed by atoms with Crippen LogP contribution < -0.4 is 0 Å². The molecule has 0 aromatic heterocycles. The number of carbonyl (C=O) groups excluding carboxylic acids is 3. The maximum absolute atomic E-state index is 12.8. The lowest BCUT2D eigenvalue weighted by molar-refractivity contribution is -0.167. The van der Waals surface area contributed by atoms with Crippen molar-refractivity contribution in [2.24, 2.45) is 0 Å². The maximum Gasteiger partial charge on any atom is 0.306 e. The van der Waals surface area contributed by atoms with Crippen molar-refractivity contribution in [1.82, 2.24) is 0 Å². The van der Waals surface area contributed by atoms with Crippen LogP contribution in [0.1, 0.15) is 213 Å². The lowest BCUT2D eigenvalue weighted by Crippen LogP contribution is -2.30. The summed E-state index contributed by atoms with van der Waals surface area (Å²) < 4.78 is 16.8. The fourth-order valence-electron chi connectivity index (χ4n) is 6.54. The van der Waals surface area contributed by atoms with Crippen LogP contribution in [0.15, 0.2) is 109 Å². The van der Waals surface area contributed by atoms with Gasteiger partial charge in [-0.05, 0) is 116 Å². The first-order valence-corrected chi connectivity index (χ1v) is 25.4. The molecule has 0 heterocycles. The molecule has 0 unspecified atom stereocenters. The van der Waals surface area contributed by atoms with E-state index in [1.807, 2.05) is 0 Å². The van der Waals surface area contributed by atoms with Gasteiger partial charge in [0, 0.05) is 19.3 Å². The Balaban J connectivity index is 4.49. The molecule has 63 heavy (non-hydrogen) atoms. The number of esters is 3. The van der Waals surface area contributed by atoms with E-state index in [0.29, 0.717) is 19.3 Å². The van der Waals surface area contributed by atoms with Gasteiger partial charge in [-0.2, -0.15) is 0 Å². The summed E-state index contributed by atoms with van der Waals surface area (Å²) in [5.41, 5.74) is 0. The van der Waals surface area contributed by atoms with Crippen molar-refractivity contribution in [2.75, 3.05) is 13.2 Å². The summed E-state index contributed by atoms with van der Waals surface area (Å²) in [5.74, 6) is -0.958. The van der Waals surface area contributed by atoms with E-state index in [-0.39, 0.29) is 31.1 Å². The third kappa shape index (κ3) is 49.0. The van der Waals surface area contributed by atoms with Crippen molar-refractivity contribution in [3.05, 3.63) is 109 Å². The van der Waals surface area contributed by atoms with E-state index in [4.69, 9.17) is 14.2 Å². The van der Waals surface area contributed by atoms with E-state index in [2.05, 4.69) is 130 Å². The number of hydrogen-bond donors (Lipinski definition) is 0. The highest BCUT2D eigenvalue weighted by Gasteiger charge is 2.19. The molecule has 0 atom stereocenters. The summed E-state index contributed by atoms with van der Waals surface area (Å²) in [6.45, 7) is 6.24. The quantitative estimate of drug-likeness (QED) is 0.0263. The fraction of sp³-hybridized carbons (Fsp3) is 0.632. The topological polar surface area (TPSA) is 78.9 Å². The summed E-state index contributed by atoms with van der Waals surface area (Å²) in [6, 6.07) is 0. The molecule has 6 nitrogen and oxygen atoms in total. The molecule has 0 saturated heterocycles. The Morgan fingerprint density at radius 2 is 0.571 bits per heavy atom. The number of carbonyl (C=O) groups is 3. The largest absolute Gasteiger partial charge is 0.462 e. The van der Waals surface area contributed by atoms with Gasteiger partial charge in [-0.15, -0.1) is 0 Å². The Hall–Kier alpha value is -3.93. The predicted molar refractivity (Wildman–Crippen MR) is 270 cm³/mol. The minimum absolute atomic E-state index is 0.102. The second kappa shape index (κ2) is 50.7. The highest BCUT2D eigenvalue weighted by molar-refractivity contribution is 5.71. The van der Waals surface area contributed by atoms with Crippen LogP contribution in [-0.4, -0.2) is 37.2 Å². The minimum Gasteiger partial charge on any atom is -0.462 e. The SMILES string of the molecule is CC/C=C\C/C=C\C/C=C\CCCCCCCC(=O)OCC(COC(=O)CCCCCCC/C=C\C/C=C\C/C=C\CC)OC(=O)CCCCCCC/C=C\C/C=C\C/C=C\CC. The van der Waals surface area contributed by atoms with Gasteiger partial charge in [-0.1, -0.05) is 188 Å². The van der Waals surface area contributed by atoms with Gasteiger partial charge in [0.1, 0.15) is 13.2 Å². The molecule has 0 amide bonds. The number of allylic oxidation sites excluding steroid dienone is 18. The molecule has 0 radical (unpaired) electrons. The number of hydrogen-bond acceptors (Lipinski definition) is 6. The number of ether oxygens (including phenoxy) is 3. The third-order valence-electron chi connectivity index (χ3n) is 10.3. The zero-order valence-corrected chi connectivity index (χ0v) is 40.5. The Morgan fingerprint density at radius 3 is 0.889 bits per heavy atom. The fourth-order valence-corrected chi connectivity index (χ4v) is 6.54. The van der Waals surface area contributed by atoms with Gasteiger partial charge in [0.25, 0.3) is 0 Å². The van der Waals surface area contributed by atoms with Crippen molar-refractivity contribution in [2.45, 2.75) is 219 Å². The Kier molecular flexibility index (Phi) is 47.5. The van der Waals surface area contributed by atoms with E-state index >= 15 is 0 Å². The molecule has 0 aliphatic carbocycles. The summed E-state index contributed by atoms with van der Waals surface area (Å²) >= 11 is 0. The molecule has 0 bridgehead atoms. The second-order valence-corrected chi connectivity index (χ2v) is 16.3. The Labute approximate surface area is 387 Å². The van der Waals surface area contributed by atoms with Crippen molar-refractivity contribution in [3.63, 3.8) is 0 Å². The molecule has 0 rings (SSSR count). The summed E-state index contributed by atoms with van der Waals surface area (Å²) in [4.78, 5) is 38.0. The van der Waals surface area contributed by atoms with Gasteiger partial charge in [0.05, 0.1) is 0 Å². The molecular weight excluding hydrogens is 781 g/mol. The number of rotatable bonds is 44. The van der Waals surface area contributed by atoms with Gasteiger partial charge >= 0.3 is 17.9 Å². The molecule has 0 aliphatic heterocycles. The third-order valence-corrected chi connectivity index (χ3v) is 10.3. The van der Waals surface area contributed by atoms with E-state index in [1.54, 1.807) is 0 Å². The number of unbranched alkanes of at least 4 members (excludes halogenated alkanes) is 15. The van der Waals surface area contributed by atoms with E-state index in [0.717, 1.165) is 173 Å². The molecule has 356 valence electrons. The van der Waals surface area contributed by atoms with Gasteiger partial charge < -0.3 is 14.2 Å². The average Bonchev–Trinajstić information content (AvgIpc) is 3.28. The van der Waals surface area contributed by atoms with E-state index in [9.17, 15) is 14.4 Å². The summed E-state index contributed by atoms with van der Waals surface area (Å²) in [6.07, 6.45) is 67.8. The van der Waals surface area contributed by atoms with Crippen LogP contribution in [0.3, 0.4) is 0 Å². The van der Waals surface area contributed by atoms with Crippen LogP contribution in [0.5, 0.6) is 0 Å². The first-order valence-electron chi connectivity index (χ1n) is 25.4. The zero-order valence-electron chi connectivity index (χ0n) is 40.5. The van der Waals surface area contributed by atoms with E-state index < -0.39 is 6.10 Å². The molecular formula is C57H92O6. The molecule has 0 spiro atoms. The normalized spacial score (nSPS) is 12.6. The van der Waals surface area contributed by atoms with Crippen molar-refractivity contribution in [1.29, 1.82) is 0 Å². The van der Waals surface area contributed by atoms with Crippen LogP contribution in [0.2, 0.25) is 0 Å². The van der Waals surface area contributed by atoms with Crippen molar-refractivity contribution >= 4 is 17.9 Å². The minimum atomic E-state index is -0.803. The summed E-state index contributed by atoms with van der Waals surface area (Å²) in [5, 5.41) is 0. The first kappa shape index (κ1) is 59.1. The lowest BCUT2D eigenvalue weighted by atomic mass is 10.1. The standard InChI is InChI=1S/C57H92O6/c1-4-7-10-13-16-19-22-25-28-31-34-37-40-43-46-49-55(58)61-52-54(63-57(60)51-48-45-42-39-36-33-30-27-24-21-18-15-12-9-6-3)53-62-56(59)50-47-44-41-38-35-32-29-26-23-20-17-14-11-8-5-2/h7-12,16-21,25-30,54H,4-6,13-15,22-24,31-53H2,1-3H3/b10-7-,11-8-,12-9-,19-16-,20-17-,21-18-,28-25-,29-26-,30-27-. The molecule has 6 heteroatoms.